The summed E-state index contributed by atoms with van der Waals surface area (Å²) in [5.74, 6) is -2.25. The summed E-state index contributed by atoms with van der Waals surface area (Å²) in [7, 11) is 0. The molecule has 3 rings (SSSR count). The van der Waals surface area contributed by atoms with E-state index in [-0.39, 0.29) is 33.0 Å². The summed E-state index contributed by atoms with van der Waals surface area (Å²) in [5.41, 5.74) is 0.773. The topological polar surface area (TPSA) is 83.6 Å². The average Bonchev–Trinajstić information content (AvgIpc) is 3.13. The fraction of sp³-hybridized carbons (Fsp3) is 0.143. The van der Waals surface area contributed by atoms with E-state index in [4.69, 9.17) is 23.2 Å². The van der Waals surface area contributed by atoms with Gasteiger partial charge in [0.1, 0.15) is 12.4 Å². The number of alkyl halides is 3. The number of amides is 1. The van der Waals surface area contributed by atoms with Crippen molar-refractivity contribution in [2.75, 3.05) is 5.32 Å². The molecule has 0 aliphatic rings. The first-order valence-corrected chi connectivity index (χ1v) is 9.77. The molecule has 0 radical (unpaired) electrons. The zero-order chi connectivity index (χ0) is 23.5. The number of nitriles is 1. The van der Waals surface area contributed by atoms with Crippen LogP contribution in [-0.2, 0) is 4.79 Å². The molecule has 1 atom stereocenters. The first kappa shape index (κ1) is 23.3. The van der Waals surface area contributed by atoms with Crippen LogP contribution in [0.15, 0.2) is 48.8 Å². The van der Waals surface area contributed by atoms with E-state index in [1.807, 2.05) is 6.07 Å². The van der Waals surface area contributed by atoms with E-state index in [2.05, 4.69) is 15.4 Å². The molecule has 2 aromatic carbocycles. The molecule has 32 heavy (non-hydrogen) atoms. The minimum absolute atomic E-state index is 0.0542. The van der Waals surface area contributed by atoms with Crippen LogP contribution in [-0.4, -0.2) is 26.8 Å². The summed E-state index contributed by atoms with van der Waals surface area (Å²) >= 11 is 11.7. The van der Waals surface area contributed by atoms with Crippen LogP contribution in [0.4, 0.5) is 19.1 Å². The third-order valence-corrected chi connectivity index (χ3v) is 4.68. The number of anilines is 1. The number of nitrogens with one attached hydrogen (secondary N) is 1. The highest BCUT2D eigenvalue weighted by molar-refractivity contribution is 6.34. The van der Waals surface area contributed by atoms with Gasteiger partial charge in [-0.1, -0.05) is 41.4 Å². The van der Waals surface area contributed by atoms with Crippen molar-refractivity contribution in [1.82, 2.24) is 14.8 Å². The number of hydrogen-bond acceptors (Lipinski definition) is 4. The molecule has 1 heterocycles. The van der Waals surface area contributed by atoms with E-state index in [0.29, 0.717) is 11.3 Å². The lowest BCUT2D eigenvalue weighted by molar-refractivity contribution is -0.139. The van der Waals surface area contributed by atoms with Gasteiger partial charge in [0, 0.05) is 17.0 Å². The van der Waals surface area contributed by atoms with Crippen molar-refractivity contribution in [2.24, 2.45) is 0 Å². The molecule has 0 aliphatic heterocycles. The summed E-state index contributed by atoms with van der Waals surface area (Å²) in [5, 5.41) is 16.1. The number of carbonyl (C=O) groups is 1. The molecular weight excluding hydrogens is 466 g/mol. The molecule has 11 heteroatoms. The standard InChI is InChI=1S/C21H14Cl2F3N5O/c1-12(32)29-20-28-11-31(30-20)19-5-3-13(6-15(19)10-27)2-4-18(21(24,25)26)14-7-16(22)9-17(23)8-14/h2-9,11,18H,1H3,(H,29,30,32). The summed E-state index contributed by atoms with van der Waals surface area (Å²) in [6.07, 6.45) is -1.03. The number of benzene rings is 2. The fourth-order valence-corrected chi connectivity index (χ4v) is 3.45. The van der Waals surface area contributed by atoms with Gasteiger partial charge in [0.25, 0.3) is 0 Å². The minimum atomic E-state index is -4.58. The number of nitrogens with zero attached hydrogens (tertiary/aromatic N) is 4. The second-order valence-corrected chi connectivity index (χ2v) is 7.54. The predicted octanol–water partition coefficient (Wildman–Crippen LogP) is 5.76. The van der Waals surface area contributed by atoms with Crippen LogP contribution in [0.25, 0.3) is 11.8 Å². The molecule has 1 amide bonds. The smallest absolute Gasteiger partial charge is 0.293 e. The van der Waals surface area contributed by atoms with E-state index in [1.165, 1.54) is 60.4 Å². The maximum absolute atomic E-state index is 13.7. The lowest BCUT2D eigenvalue weighted by Gasteiger charge is -2.18. The number of carbonyl (C=O) groups excluding carboxylic acids is 1. The highest BCUT2D eigenvalue weighted by Crippen LogP contribution is 2.38. The number of halogens is 5. The minimum Gasteiger partial charge on any atom is -0.293 e. The van der Waals surface area contributed by atoms with Crippen LogP contribution in [0.5, 0.6) is 0 Å². The van der Waals surface area contributed by atoms with Gasteiger partial charge in [-0.2, -0.15) is 23.4 Å². The van der Waals surface area contributed by atoms with Gasteiger partial charge in [-0.25, -0.2) is 4.68 Å². The Morgan fingerprint density at radius 2 is 1.91 bits per heavy atom. The quantitative estimate of drug-likeness (QED) is 0.503. The average molecular weight is 480 g/mol. The van der Waals surface area contributed by atoms with Crippen molar-refractivity contribution in [1.29, 1.82) is 5.26 Å². The highest BCUT2D eigenvalue weighted by atomic mass is 35.5. The van der Waals surface area contributed by atoms with Gasteiger partial charge in [0.05, 0.1) is 17.2 Å². The van der Waals surface area contributed by atoms with Crippen molar-refractivity contribution in [2.45, 2.75) is 19.0 Å². The van der Waals surface area contributed by atoms with Gasteiger partial charge < -0.3 is 0 Å². The largest absolute Gasteiger partial charge is 0.399 e. The summed E-state index contributed by atoms with van der Waals surface area (Å²) < 4.78 is 42.3. The van der Waals surface area contributed by atoms with E-state index < -0.39 is 12.1 Å². The first-order chi connectivity index (χ1) is 15.1. The number of rotatable bonds is 5. The van der Waals surface area contributed by atoms with E-state index in [0.717, 1.165) is 6.08 Å². The van der Waals surface area contributed by atoms with Crippen molar-refractivity contribution < 1.29 is 18.0 Å². The molecular formula is C21H14Cl2F3N5O. The van der Waals surface area contributed by atoms with Gasteiger partial charge in [0.2, 0.25) is 11.9 Å². The molecule has 0 spiro atoms. The van der Waals surface area contributed by atoms with Crippen molar-refractivity contribution in [3.05, 3.63) is 75.5 Å². The van der Waals surface area contributed by atoms with Crippen molar-refractivity contribution in [3.8, 4) is 11.8 Å². The van der Waals surface area contributed by atoms with E-state index >= 15 is 0 Å². The Bertz CT molecular complexity index is 1210. The maximum atomic E-state index is 13.7. The summed E-state index contributed by atoms with van der Waals surface area (Å²) in [6.45, 7) is 1.30. The third kappa shape index (κ3) is 5.66. The molecule has 0 bridgehead atoms. The Morgan fingerprint density at radius 3 is 2.50 bits per heavy atom. The Hall–Kier alpha value is -3.35. The molecule has 6 nitrogen and oxygen atoms in total. The van der Waals surface area contributed by atoms with Crippen LogP contribution >= 0.6 is 23.2 Å². The van der Waals surface area contributed by atoms with Gasteiger partial charge in [0.15, 0.2) is 0 Å². The van der Waals surface area contributed by atoms with Crippen LogP contribution in [0.3, 0.4) is 0 Å². The van der Waals surface area contributed by atoms with Crippen LogP contribution in [0.1, 0.15) is 29.5 Å². The Kier molecular flexibility index (Phi) is 6.87. The van der Waals surface area contributed by atoms with E-state index in [1.54, 1.807) is 0 Å². The lowest BCUT2D eigenvalue weighted by Crippen LogP contribution is -2.18. The first-order valence-electron chi connectivity index (χ1n) is 9.01. The zero-order valence-corrected chi connectivity index (χ0v) is 17.9. The summed E-state index contributed by atoms with van der Waals surface area (Å²) in [6, 6.07) is 10.2. The van der Waals surface area contributed by atoms with Crippen LogP contribution in [0.2, 0.25) is 10.0 Å². The predicted molar refractivity (Wildman–Crippen MR) is 115 cm³/mol. The molecule has 0 aliphatic carbocycles. The zero-order valence-electron chi connectivity index (χ0n) is 16.4. The molecule has 0 fully saturated rings. The Balaban J connectivity index is 1.93. The van der Waals surface area contributed by atoms with Gasteiger partial charge in [-0.05, 0) is 41.5 Å². The highest BCUT2D eigenvalue weighted by Gasteiger charge is 2.39. The molecule has 164 valence electrons. The summed E-state index contributed by atoms with van der Waals surface area (Å²) in [4.78, 5) is 15.0. The lowest BCUT2D eigenvalue weighted by atomic mass is 9.96. The van der Waals surface area contributed by atoms with Gasteiger partial charge >= 0.3 is 6.18 Å². The van der Waals surface area contributed by atoms with Crippen LogP contribution in [0, 0.1) is 11.3 Å². The van der Waals surface area contributed by atoms with Crippen molar-refractivity contribution >= 4 is 41.1 Å². The second-order valence-electron chi connectivity index (χ2n) is 6.66. The van der Waals surface area contributed by atoms with Gasteiger partial charge in [-0.3, -0.25) is 10.1 Å². The van der Waals surface area contributed by atoms with Gasteiger partial charge in [-0.15, -0.1) is 5.10 Å². The van der Waals surface area contributed by atoms with Crippen LogP contribution < -0.4 is 5.32 Å². The van der Waals surface area contributed by atoms with E-state index in [9.17, 15) is 23.2 Å². The Morgan fingerprint density at radius 1 is 1.22 bits per heavy atom. The maximum Gasteiger partial charge on any atom is 0.399 e. The second kappa shape index (κ2) is 9.42. The SMILES string of the molecule is CC(=O)Nc1ncn(-c2ccc(C=CC(c3cc(Cl)cc(Cl)c3)C(F)(F)F)cc2C#N)n1. The third-order valence-electron chi connectivity index (χ3n) is 4.25. The molecule has 1 aromatic heterocycles. The molecule has 0 saturated heterocycles. The monoisotopic (exact) mass is 479 g/mol. The number of allylic oxidation sites excluding steroid dienone is 1. The molecule has 0 saturated carbocycles. The molecule has 1 unspecified atom stereocenters. The Labute approximate surface area is 190 Å². The molecule has 1 N–H and O–H groups in total. The number of aromatic nitrogens is 3. The molecule has 3 aromatic rings. The number of hydrogen-bond donors (Lipinski definition) is 1. The normalized spacial score (nSPS) is 12.5. The fourth-order valence-electron chi connectivity index (χ4n) is 2.91. The van der Waals surface area contributed by atoms with Crippen molar-refractivity contribution in [3.63, 3.8) is 0 Å².